The normalized spacial score (nSPS) is 13.2. The molecule has 0 bridgehead atoms. The van der Waals surface area contributed by atoms with Crippen LogP contribution in [0.4, 0.5) is 0 Å². The quantitative estimate of drug-likeness (QED) is 0.0211. The Bertz CT molecular complexity index is 1820. The van der Waals surface area contributed by atoms with Gasteiger partial charge in [0.2, 0.25) is 0 Å². The average Bonchev–Trinajstić information content (AvgIpc) is 3.66. The first-order valence-corrected chi connectivity index (χ1v) is 38.4. The number of unbranched alkanes of at least 4 members (excludes halogenated alkanes) is 40. The molecule has 0 radical (unpaired) electrons. The van der Waals surface area contributed by atoms with Crippen molar-refractivity contribution in [1.82, 2.24) is 0 Å². The molecular weight excluding hydrogens is 1130 g/mol. The van der Waals surface area contributed by atoms with E-state index in [0.717, 1.165) is 89.9 Å². The Morgan fingerprint density at radius 2 is 0.626 bits per heavy atom. The number of carbonyl (C=O) groups excluding carboxylic acids is 2. The number of quaternary nitrogens is 1. The Labute approximate surface area is 562 Å². The minimum atomic E-state index is -1.52. The number of carbonyl (C=O) groups is 3. The van der Waals surface area contributed by atoms with E-state index in [1.54, 1.807) is 0 Å². The molecule has 0 aromatic carbocycles. The maximum atomic E-state index is 13.0. The second-order valence-corrected chi connectivity index (χ2v) is 26.9. The van der Waals surface area contributed by atoms with Crippen LogP contribution in [0.3, 0.4) is 0 Å². The van der Waals surface area contributed by atoms with Crippen molar-refractivity contribution in [3.8, 4) is 0 Å². The SMILES string of the molecule is CC/C=C\C/C=C\C/C=C\C/C=C\C/C=C\C/C=C\CCCCCCCCCCCCC(=O)OC(COC(=O)CCCCCCCCCCCCCCCCCCCCCCCCCCC/C=C\C/C=C\CCCCCCC)COC(OCC[N+](C)(C)C)C(=O)O. The highest BCUT2D eigenvalue weighted by molar-refractivity contribution is 5.71. The highest BCUT2D eigenvalue weighted by Gasteiger charge is 2.25. The van der Waals surface area contributed by atoms with Crippen molar-refractivity contribution in [2.24, 2.45) is 0 Å². The predicted octanol–water partition coefficient (Wildman–Crippen LogP) is 24.4. The molecule has 0 rings (SSSR count). The fourth-order valence-corrected chi connectivity index (χ4v) is 11.0. The second kappa shape index (κ2) is 72.0. The van der Waals surface area contributed by atoms with Gasteiger partial charge in [-0.05, 0) is 96.3 Å². The lowest BCUT2D eigenvalue weighted by Crippen LogP contribution is -2.40. The summed E-state index contributed by atoms with van der Waals surface area (Å²) in [5, 5.41) is 9.76. The smallest absolute Gasteiger partial charge is 0.361 e. The zero-order valence-corrected chi connectivity index (χ0v) is 60.2. The number of nitrogens with zero attached hydrogens (tertiary/aromatic N) is 1. The van der Waals surface area contributed by atoms with Crippen LogP contribution in [0.15, 0.2) is 97.2 Å². The van der Waals surface area contributed by atoms with Crippen molar-refractivity contribution in [3.63, 3.8) is 0 Å². The predicted molar refractivity (Wildman–Crippen MR) is 392 cm³/mol. The maximum Gasteiger partial charge on any atom is 0.361 e. The van der Waals surface area contributed by atoms with Crippen molar-refractivity contribution in [3.05, 3.63) is 97.2 Å². The Kier molecular flexibility index (Phi) is 69.0. The third-order valence-electron chi connectivity index (χ3n) is 16.8. The summed E-state index contributed by atoms with van der Waals surface area (Å²) in [7, 11) is 5.98. The van der Waals surface area contributed by atoms with Crippen LogP contribution in [0.2, 0.25) is 0 Å². The van der Waals surface area contributed by atoms with Gasteiger partial charge in [0.1, 0.15) is 13.2 Å². The number of hydrogen-bond acceptors (Lipinski definition) is 7. The lowest BCUT2D eigenvalue weighted by atomic mass is 10.0. The molecule has 0 spiro atoms. The topological polar surface area (TPSA) is 108 Å². The number of carboxylic acids is 1. The Morgan fingerprint density at radius 3 is 0.934 bits per heavy atom. The highest BCUT2D eigenvalue weighted by atomic mass is 16.7. The highest BCUT2D eigenvalue weighted by Crippen LogP contribution is 2.18. The van der Waals surface area contributed by atoms with E-state index in [1.807, 2.05) is 21.1 Å². The summed E-state index contributed by atoms with van der Waals surface area (Å²) in [5.74, 6) is -2.00. The summed E-state index contributed by atoms with van der Waals surface area (Å²) in [4.78, 5) is 37.7. The van der Waals surface area contributed by atoms with Gasteiger partial charge in [0, 0.05) is 12.8 Å². The van der Waals surface area contributed by atoms with E-state index in [1.165, 1.54) is 225 Å². The van der Waals surface area contributed by atoms with Crippen LogP contribution in [0.5, 0.6) is 0 Å². The monoisotopic (exact) mass is 1270 g/mol. The number of aliphatic carboxylic acids is 1. The van der Waals surface area contributed by atoms with Gasteiger partial charge in [-0.3, -0.25) is 9.59 Å². The molecule has 1 N–H and O–H groups in total. The van der Waals surface area contributed by atoms with Crippen LogP contribution in [-0.2, 0) is 33.3 Å². The van der Waals surface area contributed by atoms with Crippen molar-refractivity contribution >= 4 is 17.9 Å². The van der Waals surface area contributed by atoms with Gasteiger partial charge in [-0.25, -0.2) is 4.79 Å². The number of esters is 2. The minimum Gasteiger partial charge on any atom is -0.477 e. The summed E-state index contributed by atoms with van der Waals surface area (Å²) in [6, 6.07) is 0. The minimum absolute atomic E-state index is 0.184. The van der Waals surface area contributed by atoms with Gasteiger partial charge in [-0.2, -0.15) is 0 Å². The molecule has 0 heterocycles. The van der Waals surface area contributed by atoms with Gasteiger partial charge >= 0.3 is 17.9 Å². The van der Waals surface area contributed by atoms with Crippen molar-refractivity contribution in [2.45, 2.75) is 360 Å². The lowest BCUT2D eigenvalue weighted by Gasteiger charge is -2.25. The molecule has 91 heavy (non-hydrogen) atoms. The number of ether oxygens (including phenoxy) is 4. The molecule has 9 heteroatoms. The van der Waals surface area contributed by atoms with E-state index >= 15 is 0 Å². The Balaban J connectivity index is 4.03. The average molecular weight is 1270 g/mol. The van der Waals surface area contributed by atoms with E-state index in [2.05, 4.69) is 111 Å². The molecule has 0 aromatic rings. The van der Waals surface area contributed by atoms with Gasteiger partial charge in [0.25, 0.3) is 6.29 Å². The first-order chi connectivity index (χ1) is 44.6. The zero-order chi connectivity index (χ0) is 66.1. The lowest BCUT2D eigenvalue weighted by molar-refractivity contribution is -0.870. The van der Waals surface area contributed by atoms with Crippen LogP contribution in [0, 0.1) is 0 Å². The molecule has 0 fully saturated rings. The van der Waals surface area contributed by atoms with Gasteiger partial charge in [-0.1, -0.05) is 336 Å². The number of hydrogen-bond donors (Lipinski definition) is 1. The maximum absolute atomic E-state index is 13.0. The van der Waals surface area contributed by atoms with E-state index in [-0.39, 0.29) is 32.2 Å². The molecule has 0 aromatic heterocycles. The van der Waals surface area contributed by atoms with Crippen molar-refractivity contribution in [2.75, 3.05) is 47.5 Å². The Hall–Kier alpha value is -3.79. The van der Waals surface area contributed by atoms with Crippen LogP contribution in [0.25, 0.3) is 0 Å². The molecule has 0 aliphatic heterocycles. The number of rotatable bonds is 71. The fraction of sp³-hybridized carbons (Fsp3) is 0.768. The van der Waals surface area contributed by atoms with Crippen LogP contribution in [0.1, 0.15) is 348 Å². The van der Waals surface area contributed by atoms with E-state index in [0.29, 0.717) is 23.9 Å². The van der Waals surface area contributed by atoms with Gasteiger partial charge in [0.05, 0.1) is 34.4 Å². The van der Waals surface area contributed by atoms with Crippen LogP contribution in [-0.4, -0.2) is 87.4 Å². The summed E-state index contributed by atoms with van der Waals surface area (Å²) in [6.07, 6.45) is 96.9. The number of likely N-dealkylation sites (N-methyl/N-ethyl adjacent to an activating group) is 1. The second-order valence-electron chi connectivity index (χ2n) is 26.9. The molecule has 2 atom stereocenters. The molecule has 0 amide bonds. The van der Waals surface area contributed by atoms with Crippen LogP contribution >= 0.6 is 0 Å². The van der Waals surface area contributed by atoms with E-state index < -0.39 is 24.3 Å². The third kappa shape index (κ3) is 73.5. The molecule has 526 valence electrons. The standard InChI is InChI=1S/C82H145NO8/c1-6-8-10-12-14-16-18-20-22-24-26-28-30-32-34-36-37-38-39-40-41-42-43-45-46-48-50-52-54-56-58-60-62-64-66-68-70-72-79(84)89-76-78(77-90-82(81(86)87)88-75-74-83(3,4)5)91-80(85)73-71-69-67-65-63-61-59-57-55-53-51-49-47-44-35-33-31-29-27-25-23-21-19-17-15-13-11-9-7-2/h9,11,15,17-18,20-21,23-24,26-27,29,33,35,47,49,78,82H,6-8,10,12-14,16,19,22,25,28,30-32,34,36-46,48,50-77H2,1-5H3/p+1/b11-9-,17-15-,20-18-,23-21-,26-24-,29-27-,35-33-,49-47-. The summed E-state index contributed by atoms with van der Waals surface area (Å²) in [6.45, 7) is 4.79. The zero-order valence-electron chi connectivity index (χ0n) is 60.2. The molecular formula is C82H146NO8+. The van der Waals surface area contributed by atoms with E-state index in [9.17, 15) is 19.5 Å². The largest absolute Gasteiger partial charge is 0.477 e. The van der Waals surface area contributed by atoms with Gasteiger partial charge in [0.15, 0.2) is 6.10 Å². The summed E-state index contributed by atoms with van der Waals surface area (Å²) >= 11 is 0. The molecule has 9 nitrogen and oxygen atoms in total. The van der Waals surface area contributed by atoms with Gasteiger partial charge < -0.3 is 28.5 Å². The molecule has 0 aliphatic rings. The van der Waals surface area contributed by atoms with Crippen LogP contribution < -0.4 is 0 Å². The molecule has 0 saturated carbocycles. The van der Waals surface area contributed by atoms with Crippen molar-refractivity contribution < 1.29 is 42.9 Å². The number of carboxylic acid groups (broad SMARTS) is 1. The summed E-state index contributed by atoms with van der Waals surface area (Å²) in [5.41, 5.74) is 0. The fourth-order valence-electron chi connectivity index (χ4n) is 11.0. The first kappa shape index (κ1) is 87.2. The number of allylic oxidation sites excluding steroid dienone is 16. The first-order valence-electron chi connectivity index (χ1n) is 38.4. The summed E-state index contributed by atoms with van der Waals surface area (Å²) < 4.78 is 23.0. The molecule has 2 unspecified atom stereocenters. The van der Waals surface area contributed by atoms with Crippen molar-refractivity contribution in [1.29, 1.82) is 0 Å². The molecule has 0 aliphatic carbocycles. The third-order valence-corrected chi connectivity index (χ3v) is 16.8. The van der Waals surface area contributed by atoms with Gasteiger partial charge in [-0.15, -0.1) is 0 Å². The van der Waals surface area contributed by atoms with E-state index in [4.69, 9.17) is 18.9 Å². The Morgan fingerprint density at radius 1 is 0.341 bits per heavy atom. The molecule has 0 saturated heterocycles.